The first-order valence-electron chi connectivity index (χ1n) is 10.3. The van der Waals surface area contributed by atoms with Crippen molar-refractivity contribution in [3.8, 4) is 22.5 Å². The minimum absolute atomic E-state index is 0.0101. The van der Waals surface area contributed by atoms with E-state index in [9.17, 15) is 4.79 Å². The maximum atomic E-state index is 12.2. The summed E-state index contributed by atoms with van der Waals surface area (Å²) < 4.78 is 0. The first-order chi connectivity index (χ1) is 14.5. The van der Waals surface area contributed by atoms with Gasteiger partial charge in [-0.1, -0.05) is 84.8 Å². The number of nitrogens with one attached hydrogen (secondary N) is 1. The number of rotatable bonds is 8. The Kier molecular flexibility index (Phi) is 7.57. The molecule has 30 heavy (non-hydrogen) atoms. The SMILES string of the molecule is CCC[C@@H](C)NC(=O)CSc1nnc(-c2ccc(C)cc2)c(-c2ccc(C)cc2)n1. The Bertz CT molecular complexity index is 987. The Morgan fingerprint density at radius 2 is 1.50 bits per heavy atom. The Balaban J connectivity index is 1.86. The molecule has 0 saturated carbocycles. The second-order valence-corrected chi connectivity index (χ2v) is 8.51. The van der Waals surface area contributed by atoms with Crippen molar-refractivity contribution in [2.75, 3.05) is 5.75 Å². The number of aromatic nitrogens is 3. The van der Waals surface area contributed by atoms with Crippen LogP contribution in [0.3, 0.4) is 0 Å². The fourth-order valence-electron chi connectivity index (χ4n) is 3.14. The summed E-state index contributed by atoms with van der Waals surface area (Å²) in [4.78, 5) is 17.0. The summed E-state index contributed by atoms with van der Waals surface area (Å²) in [5, 5.41) is 12.3. The van der Waals surface area contributed by atoms with Crippen LogP contribution in [0.15, 0.2) is 53.7 Å². The fraction of sp³-hybridized carbons (Fsp3) is 0.333. The van der Waals surface area contributed by atoms with Crippen LogP contribution in [0.1, 0.15) is 37.8 Å². The van der Waals surface area contributed by atoms with Gasteiger partial charge in [-0.15, -0.1) is 10.2 Å². The summed E-state index contributed by atoms with van der Waals surface area (Å²) in [6, 6.07) is 16.6. The summed E-state index contributed by atoms with van der Waals surface area (Å²) in [7, 11) is 0. The van der Waals surface area contributed by atoms with Gasteiger partial charge in [-0.05, 0) is 27.2 Å². The van der Waals surface area contributed by atoms with E-state index in [0.29, 0.717) is 5.16 Å². The molecule has 0 fully saturated rings. The molecule has 5 nitrogen and oxygen atoms in total. The van der Waals surface area contributed by atoms with Gasteiger partial charge in [0.15, 0.2) is 0 Å². The highest BCUT2D eigenvalue weighted by Crippen LogP contribution is 2.30. The Morgan fingerprint density at radius 3 is 2.07 bits per heavy atom. The van der Waals surface area contributed by atoms with Crippen molar-refractivity contribution in [1.82, 2.24) is 20.5 Å². The fourth-order valence-corrected chi connectivity index (χ4v) is 3.74. The second-order valence-electron chi connectivity index (χ2n) is 7.57. The first-order valence-corrected chi connectivity index (χ1v) is 11.3. The van der Waals surface area contributed by atoms with Crippen molar-refractivity contribution in [3.05, 3.63) is 59.7 Å². The van der Waals surface area contributed by atoms with Crippen molar-refractivity contribution in [2.24, 2.45) is 0 Å². The summed E-state index contributed by atoms with van der Waals surface area (Å²) in [5.41, 5.74) is 5.84. The van der Waals surface area contributed by atoms with E-state index in [1.807, 2.05) is 31.2 Å². The second kappa shape index (κ2) is 10.3. The molecule has 3 rings (SSSR count). The zero-order valence-electron chi connectivity index (χ0n) is 18.0. The molecule has 1 atom stereocenters. The molecule has 1 N–H and O–H groups in total. The molecule has 0 spiro atoms. The van der Waals surface area contributed by atoms with E-state index in [4.69, 9.17) is 4.98 Å². The molecule has 156 valence electrons. The lowest BCUT2D eigenvalue weighted by Crippen LogP contribution is -2.33. The van der Waals surface area contributed by atoms with Crippen LogP contribution in [0.5, 0.6) is 0 Å². The van der Waals surface area contributed by atoms with Crippen LogP contribution < -0.4 is 5.32 Å². The van der Waals surface area contributed by atoms with Gasteiger partial charge in [0.1, 0.15) is 11.4 Å². The number of aryl methyl sites for hydroxylation is 2. The molecule has 0 unspecified atom stereocenters. The van der Waals surface area contributed by atoms with Crippen LogP contribution in [0, 0.1) is 13.8 Å². The van der Waals surface area contributed by atoms with E-state index in [-0.39, 0.29) is 17.7 Å². The van der Waals surface area contributed by atoms with Gasteiger partial charge in [-0.25, -0.2) is 4.98 Å². The first kappa shape index (κ1) is 22.0. The highest BCUT2D eigenvalue weighted by Gasteiger charge is 2.15. The quantitative estimate of drug-likeness (QED) is 0.506. The Morgan fingerprint density at radius 1 is 0.933 bits per heavy atom. The number of benzene rings is 2. The van der Waals surface area contributed by atoms with E-state index in [1.165, 1.54) is 22.9 Å². The zero-order chi connectivity index (χ0) is 21.5. The van der Waals surface area contributed by atoms with Gasteiger partial charge in [0, 0.05) is 17.2 Å². The molecule has 0 aliphatic heterocycles. The molecule has 3 aromatic rings. The minimum atomic E-state index is -0.0101. The van der Waals surface area contributed by atoms with Gasteiger partial charge in [-0.3, -0.25) is 4.79 Å². The maximum absolute atomic E-state index is 12.2. The van der Waals surface area contributed by atoms with Crippen molar-refractivity contribution >= 4 is 17.7 Å². The largest absolute Gasteiger partial charge is 0.353 e. The zero-order valence-corrected chi connectivity index (χ0v) is 18.8. The number of carbonyl (C=O) groups excluding carboxylic acids is 1. The normalized spacial score (nSPS) is 11.9. The molecular weight excluding hydrogens is 392 g/mol. The lowest BCUT2D eigenvalue weighted by molar-refractivity contribution is -0.119. The topological polar surface area (TPSA) is 67.8 Å². The molecule has 1 heterocycles. The summed E-state index contributed by atoms with van der Waals surface area (Å²) in [5.74, 6) is 0.261. The molecular formula is C24H28N4OS. The summed E-state index contributed by atoms with van der Waals surface area (Å²) >= 11 is 1.31. The minimum Gasteiger partial charge on any atom is -0.353 e. The van der Waals surface area contributed by atoms with Gasteiger partial charge >= 0.3 is 0 Å². The molecule has 0 bridgehead atoms. The standard InChI is InChI=1S/C24H28N4OS/c1-5-6-18(4)25-21(29)15-30-24-26-22(19-11-7-16(2)8-12-19)23(27-28-24)20-13-9-17(3)10-14-20/h7-14,18H,5-6,15H2,1-4H3,(H,25,29)/t18-/m1/s1. The number of carbonyl (C=O) groups is 1. The Hall–Kier alpha value is -2.73. The van der Waals surface area contributed by atoms with Crippen LogP contribution in [0.2, 0.25) is 0 Å². The van der Waals surface area contributed by atoms with Gasteiger partial charge in [0.05, 0.1) is 5.75 Å². The number of hydrogen-bond acceptors (Lipinski definition) is 5. The third-order valence-electron chi connectivity index (χ3n) is 4.78. The van der Waals surface area contributed by atoms with E-state index in [0.717, 1.165) is 35.4 Å². The van der Waals surface area contributed by atoms with Crippen LogP contribution >= 0.6 is 11.8 Å². The smallest absolute Gasteiger partial charge is 0.230 e. The molecule has 6 heteroatoms. The average Bonchev–Trinajstić information content (AvgIpc) is 2.73. The van der Waals surface area contributed by atoms with E-state index >= 15 is 0 Å². The lowest BCUT2D eigenvalue weighted by atomic mass is 10.0. The van der Waals surface area contributed by atoms with Gasteiger partial charge < -0.3 is 5.32 Å². The molecule has 1 amide bonds. The van der Waals surface area contributed by atoms with Crippen molar-refractivity contribution in [2.45, 2.75) is 51.7 Å². The molecule has 0 radical (unpaired) electrons. The van der Waals surface area contributed by atoms with Crippen LogP contribution in [0.4, 0.5) is 0 Å². The summed E-state index contributed by atoms with van der Waals surface area (Å²) in [6.45, 7) is 8.25. The van der Waals surface area contributed by atoms with E-state index in [2.05, 4.69) is 60.6 Å². The van der Waals surface area contributed by atoms with Crippen molar-refractivity contribution in [3.63, 3.8) is 0 Å². The van der Waals surface area contributed by atoms with Gasteiger partial charge in [-0.2, -0.15) is 0 Å². The highest BCUT2D eigenvalue weighted by molar-refractivity contribution is 7.99. The molecule has 1 aromatic heterocycles. The van der Waals surface area contributed by atoms with Gasteiger partial charge in [0.2, 0.25) is 11.1 Å². The predicted octanol–water partition coefficient (Wildman–Crippen LogP) is 5.22. The van der Waals surface area contributed by atoms with E-state index < -0.39 is 0 Å². The maximum Gasteiger partial charge on any atom is 0.230 e. The number of nitrogens with zero attached hydrogens (tertiary/aromatic N) is 3. The van der Waals surface area contributed by atoms with E-state index in [1.54, 1.807) is 0 Å². The number of hydrogen-bond donors (Lipinski definition) is 1. The van der Waals surface area contributed by atoms with Crippen molar-refractivity contribution < 1.29 is 4.79 Å². The van der Waals surface area contributed by atoms with Crippen LogP contribution in [-0.2, 0) is 4.79 Å². The van der Waals surface area contributed by atoms with Crippen molar-refractivity contribution in [1.29, 1.82) is 0 Å². The molecule has 0 aliphatic rings. The average molecular weight is 421 g/mol. The molecule has 0 aliphatic carbocycles. The molecule has 2 aromatic carbocycles. The highest BCUT2D eigenvalue weighted by atomic mass is 32.2. The predicted molar refractivity (Wildman–Crippen MR) is 123 cm³/mol. The summed E-state index contributed by atoms with van der Waals surface area (Å²) in [6.07, 6.45) is 2.01. The third kappa shape index (κ3) is 5.89. The molecule has 0 saturated heterocycles. The Labute approximate surface area is 182 Å². The number of amides is 1. The van der Waals surface area contributed by atoms with Gasteiger partial charge in [0.25, 0.3) is 0 Å². The monoisotopic (exact) mass is 420 g/mol. The third-order valence-corrected chi connectivity index (χ3v) is 5.62. The van der Waals surface area contributed by atoms with Crippen LogP contribution in [-0.4, -0.2) is 32.9 Å². The number of thioether (sulfide) groups is 1. The van der Waals surface area contributed by atoms with Crippen LogP contribution in [0.25, 0.3) is 22.5 Å². The lowest BCUT2D eigenvalue weighted by Gasteiger charge is -2.12.